The van der Waals surface area contributed by atoms with Gasteiger partial charge in [-0.15, -0.1) is 0 Å². The van der Waals surface area contributed by atoms with Crippen LogP contribution in [0.1, 0.15) is 53.1 Å². The number of H-pyrrole nitrogens is 1. The third-order valence-electron chi connectivity index (χ3n) is 6.67. The van der Waals surface area contributed by atoms with Gasteiger partial charge >= 0.3 is 5.97 Å². The number of carbonyl (C=O) groups is 2. The minimum absolute atomic E-state index is 0.00372. The van der Waals surface area contributed by atoms with E-state index >= 15 is 0 Å². The quantitative estimate of drug-likeness (QED) is 0.101. The summed E-state index contributed by atoms with van der Waals surface area (Å²) in [7, 11) is 1.57. The molecule has 0 fully saturated rings. The van der Waals surface area contributed by atoms with Gasteiger partial charge in [0.05, 0.1) is 43.0 Å². The van der Waals surface area contributed by atoms with Crippen LogP contribution in [-0.2, 0) is 17.6 Å². The topological polar surface area (TPSA) is 157 Å². The third kappa shape index (κ3) is 7.72. The van der Waals surface area contributed by atoms with E-state index in [2.05, 4.69) is 15.3 Å². The Morgan fingerprint density at radius 3 is 2.48 bits per heavy atom. The van der Waals surface area contributed by atoms with Crippen LogP contribution in [0.5, 0.6) is 11.5 Å². The van der Waals surface area contributed by atoms with Crippen molar-refractivity contribution in [3.05, 3.63) is 106 Å². The average Bonchev–Trinajstić information content (AvgIpc) is 3.46. The number of nitrogens with zero attached hydrogens (tertiary/aromatic N) is 2. The fourth-order valence-corrected chi connectivity index (χ4v) is 4.38. The molecule has 42 heavy (non-hydrogen) atoms. The second-order valence-corrected chi connectivity index (χ2v) is 9.66. The number of carboxylic acid groups (broad SMARTS) is 1. The minimum Gasteiger partial charge on any atom is -0.497 e. The molecule has 11 heteroatoms. The SMILES string of the molecule is CCCCOc1ccc(C(Cc2ncc(-c3ccc([N+](=O)[O-])cc3)[nH]2)NC(=O)Cc2ccc(OC)cc2)cc1C(=O)O. The van der Waals surface area contributed by atoms with Gasteiger partial charge in [-0.1, -0.05) is 31.5 Å². The number of aromatic amines is 1. The number of hydrogen-bond donors (Lipinski definition) is 3. The number of nitro benzene ring substituents is 1. The first-order valence-corrected chi connectivity index (χ1v) is 13.5. The molecule has 0 spiro atoms. The predicted octanol–water partition coefficient (Wildman–Crippen LogP) is 5.51. The number of aromatic carboxylic acids is 1. The summed E-state index contributed by atoms with van der Waals surface area (Å²) in [6.45, 7) is 2.42. The first kappa shape index (κ1) is 29.8. The normalized spacial score (nSPS) is 11.5. The van der Waals surface area contributed by atoms with E-state index in [0.717, 1.165) is 18.4 Å². The van der Waals surface area contributed by atoms with Gasteiger partial charge in [0.1, 0.15) is 22.9 Å². The highest BCUT2D eigenvalue weighted by atomic mass is 16.6. The molecule has 4 rings (SSSR count). The number of carboxylic acids is 1. The number of non-ortho nitro benzene ring substituents is 1. The molecule has 218 valence electrons. The van der Waals surface area contributed by atoms with Gasteiger partial charge in [-0.2, -0.15) is 0 Å². The lowest BCUT2D eigenvalue weighted by Gasteiger charge is -2.20. The van der Waals surface area contributed by atoms with Crippen LogP contribution < -0.4 is 14.8 Å². The minimum atomic E-state index is -1.13. The Bertz CT molecular complexity index is 1530. The second-order valence-electron chi connectivity index (χ2n) is 9.66. The molecule has 1 heterocycles. The lowest BCUT2D eigenvalue weighted by Crippen LogP contribution is -2.31. The van der Waals surface area contributed by atoms with Crippen LogP contribution >= 0.6 is 0 Å². The number of amides is 1. The van der Waals surface area contributed by atoms with Gasteiger partial charge in [0.2, 0.25) is 5.91 Å². The average molecular weight is 573 g/mol. The number of rotatable bonds is 14. The summed E-state index contributed by atoms with van der Waals surface area (Å²) in [4.78, 5) is 43.4. The molecule has 0 saturated heterocycles. The molecule has 1 aromatic heterocycles. The number of nitro groups is 1. The number of hydrogen-bond acceptors (Lipinski definition) is 7. The lowest BCUT2D eigenvalue weighted by molar-refractivity contribution is -0.384. The third-order valence-corrected chi connectivity index (χ3v) is 6.67. The molecule has 0 aliphatic rings. The summed E-state index contributed by atoms with van der Waals surface area (Å²) < 4.78 is 10.9. The van der Waals surface area contributed by atoms with E-state index in [0.29, 0.717) is 35.0 Å². The zero-order valence-corrected chi connectivity index (χ0v) is 23.3. The highest BCUT2D eigenvalue weighted by Crippen LogP contribution is 2.27. The molecule has 4 aromatic rings. The molecule has 3 N–H and O–H groups in total. The number of imidazole rings is 1. The van der Waals surface area contributed by atoms with Crippen LogP contribution in [0.25, 0.3) is 11.3 Å². The number of ether oxygens (including phenoxy) is 2. The molecule has 0 radical (unpaired) electrons. The van der Waals surface area contributed by atoms with Crippen molar-refractivity contribution in [2.45, 2.75) is 38.6 Å². The summed E-state index contributed by atoms with van der Waals surface area (Å²) in [5.41, 5.74) is 2.71. The predicted molar refractivity (Wildman–Crippen MR) is 156 cm³/mol. The molecule has 0 aliphatic heterocycles. The number of methoxy groups -OCH3 is 1. The number of nitrogens with one attached hydrogen (secondary N) is 2. The fraction of sp³-hybridized carbons (Fsp3) is 0.258. The van der Waals surface area contributed by atoms with Crippen molar-refractivity contribution in [1.29, 1.82) is 0 Å². The van der Waals surface area contributed by atoms with Crippen LogP contribution in [-0.4, -0.2) is 45.6 Å². The Balaban J connectivity index is 1.60. The van der Waals surface area contributed by atoms with Crippen molar-refractivity contribution in [3.8, 4) is 22.8 Å². The van der Waals surface area contributed by atoms with Gasteiger partial charge in [0, 0.05) is 24.1 Å². The first-order chi connectivity index (χ1) is 20.3. The molecular weight excluding hydrogens is 540 g/mol. The molecule has 3 aromatic carbocycles. The van der Waals surface area contributed by atoms with Crippen LogP contribution in [0.4, 0.5) is 5.69 Å². The molecule has 1 amide bonds. The van der Waals surface area contributed by atoms with Crippen molar-refractivity contribution in [1.82, 2.24) is 15.3 Å². The molecule has 0 bridgehead atoms. The fourth-order valence-electron chi connectivity index (χ4n) is 4.38. The van der Waals surface area contributed by atoms with E-state index in [1.807, 2.05) is 6.92 Å². The summed E-state index contributed by atoms with van der Waals surface area (Å²) in [6.07, 6.45) is 3.65. The standard InChI is InChI=1S/C31H32N4O7/c1-3-4-15-42-28-14-9-22(17-25(28)31(37)38)26(34-30(36)16-20-5-12-24(41-2)13-6-20)18-29-32-19-27(33-29)21-7-10-23(11-8-21)35(39)40/h5-14,17,19,26H,3-4,15-16,18H2,1-2H3,(H,32,33)(H,34,36)(H,37,38). The van der Waals surface area contributed by atoms with Gasteiger partial charge in [0.15, 0.2) is 0 Å². The van der Waals surface area contributed by atoms with E-state index in [1.165, 1.54) is 18.2 Å². The zero-order valence-electron chi connectivity index (χ0n) is 23.3. The van der Waals surface area contributed by atoms with Crippen LogP contribution in [0.15, 0.2) is 72.9 Å². The molecule has 0 saturated carbocycles. The van der Waals surface area contributed by atoms with Gasteiger partial charge in [-0.3, -0.25) is 14.9 Å². The van der Waals surface area contributed by atoms with E-state index in [4.69, 9.17) is 9.47 Å². The molecule has 11 nitrogen and oxygen atoms in total. The molecule has 1 atom stereocenters. The smallest absolute Gasteiger partial charge is 0.339 e. The van der Waals surface area contributed by atoms with Crippen LogP contribution in [0, 0.1) is 10.1 Å². The van der Waals surface area contributed by atoms with Crippen molar-refractivity contribution >= 4 is 17.6 Å². The summed E-state index contributed by atoms with van der Waals surface area (Å²) >= 11 is 0. The Morgan fingerprint density at radius 1 is 1.10 bits per heavy atom. The summed E-state index contributed by atoms with van der Waals surface area (Å²) in [5, 5.41) is 23.9. The van der Waals surface area contributed by atoms with E-state index in [-0.39, 0.29) is 35.7 Å². The molecule has 0 aliphatic carbocycles. The van der Waals surface area contributed by atoms with Crippen molar-refractivity contribution in [2.24, 2.45) is 0 Å². The van der Waals surface area contributed by atoms with Gasteiger partial charge in [-0.05, 0) is 53.9 Å². The largest absolute Gasteiger partial charge is 0.497 e. The van der Waals surface area contributed by atoms with Gasteiger partial charge < -0.3 is 24.9 Å². The van der Waals surface area contributed by atoms with E-state index in [9.17, 15) is 24.8 Å². The Kier molecular flexibility index (Phi) is 9.88. The number of benzene rings is 3. The van der Waals surface area contributed by atoms with E-state index < -0.39 is 16.9 Å². The Labute approximate surface area is 242 Å². The maximum absolute atomic E-state index is 13.1. The van der Waals surface area contributed by atoms with Crippen molar-refractivity contribution in [3.63, 3.8) is 0 Å². The Morgan fingerprint density at radius 2 is 1.83 bits per heavy atom. The maximum Gasteiger partial charge on any atom is 0.339 e. The molecular formula is C31H32N4O7. The van der Waals surface area contributed by atoms with E-state index in [1.54, 1.807) is 61.8 Å². The summed E-state index contributed by atoms with van der Waals surface area (Å²) in [6, 6.07) is 17.5. The van der Waals surface area contributed by atoms with Crippen molar-refractivity contribution in [2.75, 3.05) is 13.7 Å². The van der Waals surface area contributed by atoms with Gasteiger partial charge in [0.25, 0.3) is 5.69 Å². The highest BCUT2D eigenvalue weighted by molar-refractivity contribution is 5.91. The lowest BCUT2D eigenvalue weighted by atomic mass is 9.99. The monoisotopic (exact) mass is 572 g/mol. The van der Waals surface area contributed by atoms with Crippen molar-refractivity contribution < 1.29 is 29.1 Å². The van der Waals surface area contributed by atoms with Gasteiger partial charge in [-0.25, -0.2) is 9.78 Å². The highest BCUT2D eigenvalue weighted by Gasteiger charge is 2.21. The zero-order chi connectivity index (χ0) is 30.1. The first-order valence-electron chi connectivity index (χ1n) is 13.5. The number of unbranched alkanes of at least 4 members (excludes halogenated alkanes) is 1. The van der Waals surface area contributed by atoms with Crippen LogP contribution in [0.3, 0.4) is 0 Å². The summed E-state index contributed by atoms with van der Waals surface area (Å²) in [5.74, 6) is 0.0958. The Hall–Kier alpha value is -5.19. The number of carbonyl (C=O) groups excluding carboxylic acids is 1. The molecule has 1 unspecified atom stereocenters. The van der Waals surface area contributed by atoms with Crippen LogP contribution in [0.2, 0.25) is 0 Å². The second kappa shape index (κ2) is 13.9. The number of aromatic nitrogens is 2. The maximum atomic E-state index is 13.1.